The summed E-state index contributed by atoms with van der Waals surface area (Å²) in [6, 6.07) is 0. The van der Waals surface area contributed by atoms with Crippen LogP contribution in [0, 0.1) is 0 Å². The van der Waals surface area contributed by atoms with Crippen LogP contribution >= 0.6 is 0 Å². The summed E-state index contributed by atoms with van der Waals surface area (Å²) in [6.45, 7) is 2.52. The average molecular weight is 118 g/mol. The lowest BCUT2D eigenvalue weighted by molar-refractivity contribution is 0.161. The summed E-state index contributed by atoms with van der Waals surface area (Å²) in [7, 11) is 0. The molecule has 0 fully saturated rings. The molecule has 0 aliphatic rings. The number of nitrogens with one attached hydrogen (secondary N) is 1. The zero-order valence-electron chi connectivity index (χ0n) is 5.22. The molecule has 0 aliphatic heterocycles. The van der Waals surface area contributed by atoms with E-state index in [0.29, 0.717) is 6.54 Å². The van der Waals surface area contributed by atoms with Crippen LogP contribution in [0.15, 0.2) is 0 Å². The molecule has 4 N–H and O–H groups in total. The van der Waals surface area contributed by atoms with Gasteiger partial charge < -0.3 is 5.11 Å². The first-order chi connectivity index (χ1) is 3.81. The summed E-state index contributed by atoms with van der Waals surface area (Å²) in [5.74, 6) is 4.95. The molecule has 0 amide bonds. The Morgan fingerprint density at radius 3 is 2.75 bits per heavy atom. The number of aliphatic hydroxyl groups excluding tert-OH is 1. The summed E-state index contributed by atoms with van der Waals surface area (Å²) in [5.41, 5.74) is 2.40. The Labute approximate surface area is 49.9 Å². The maximum atomic E-state index is 8.91. The van der Waals surface area contributed by atoms with Crippen molar-refractivity contribution in [2.75, 3.05) is 6.54 Å². The van der Waals surface area contributed by atoms with E-state index in [-0.39, 0.29) is 6.10 Å². The summed E-state index contributed by atoms with van der Waals surface area (Å²) in [5, 5.41) is 8.91. The van der Waals surface area contributed by atoms with Crippen molar-refractivity contribution in [3.8, 4) is 0 Å². The summed E-state index contributed by atoms with van der Waals surface area (Å²) in [4.78, 5) is 0. The van der Waals surface area contributed by atoms with Gasteiger partial charge in [0.1, 0.15) is 0 Å². The van der Waals surface area contributed by atoms with Gasteiger partial charge in [-0.2, -0.15) is 0 Å². The van der Waals surface area contributed by atoms with E-state index in [2.05, 4.69) is 5.43 Å². The molecule has 50 valence electrons. The van der Waals surface area contributed by atoms with Gasteiger partial charge in [0.05, 0.1) is 6.10 Å². The number of nitrogens with two attached hydrogens (primary N) is 1. The average Bonchev–Trinajstić information content (AvgIpc) is 1.68. The van der Waals surface area contributed by atoms with Gasteiger partial charge in [0.2, 0.25) is 0 Å². The highest BCUT2D eigenvalue weighted by atomic mass is 16.3. The normalized spacial score (nSPS) is 13.9. The molecule has 3 heteroatoms. The molecule has 0 spiro atoms. The van der Waals surface area contributed by atoms with Gasteiger partial charge in [0.15, 0.2) is 0 Å². The molecule has 0 aliphatic carbocycles. The molecule has 0 saturated carbocycles. The van der Waals surface area contributed by atoms with Crippen molar-refractivity contribution in [3.05, 3.63) is 0 Å². The molecular formula is C5H14N2O. The fraction of sp³-hybridized carbons (Fsp3) is 1.00. The SMILES string of the molecule is CCCC(O)CNN. The Balaban J connectivity index is 2.92. The maximum absolute atomic E-state index is 8.91. The summed E-state index contributed by atoms with van der Waals surface area (Å²) >= 11 is 0. The number of hydrogen-bond donors (Lipinski definition) is 3. The molecule has 0 aromatic rings. The van der Waals surface area contributed by atoms with Crippen LogP contribution in [-0.2, 0) is 0 Å². The van der Waals surface area contributed by atoms with Gasteiger partial charge in [-0.1, -0.05) is 13.3 Å². The van der Waals surface area contributed by atoms with E-state index in [9.17, 15) is 0 Å². The van der Waals surface area contributed by atoms with Crippen LogP contribution in [0.2, 0.25) is 0 Å². The van der Waals surface area contributed by atoms with Gasteiger partial charge in [0.25, 0.3) is 0 Å². The van der Waals surface area contributed by atoms with E-state index in [1.165, 1.54) is 0 Å². The van der Waals surface area contributed by atoms with Gasteiger partial charge in [-0.25, -0.2) is 0 Å². The van der Waals surface area contributed by atoms with Crippen LogP contribution in [0.4, 0.5) is 0 Å². The topological polar surface area (TPSA) is 58.3 Å². The van der Waals surface area contributed by atoms with Crippen LogP contribution in [0.1, 0.15) is 19.8 Å². The summed E-state index contributed by atoms with van der Waals surface area (Å²) in [6.07, 6.45) is 1.55. The standard InChI is InChI=1S/C5H14N2O/c1-2-3-5(8)4-7-6/h5,7-8H,2-4,6H2,1H3. The highest BCUT2D eigenvalue weighted by Gasteiger charge is 1.97. The zero-order chi connectivity index (χ0) is 6.41. The molecule has 0 saturated heterocycles. The van der Waals surface area contributed by atoms with E-state index < -0.39 is 0 Å². The lowest BCUT2D eigenvalue weighted by atomic mass is 10.2. The van der Waals surface area contributed by atoms with Crippen LogP contribution in [0.25, 0.3) is 0 Å². The molecule has 0 aromatic heterocycles. The first kappa shape index (κ1) is 7.88. The second-order valence-corrected chi connectivity index (χ2v) is 1.85. The Kier molecular flexibility index (Phi) is 4.95. The first-order valence-electron chi connectivity index (χ1n) is 2.92. The number of hydrogen-bond acceptors (Lipinski definition) is 3. The van der Waals surface area contributed by atoms with E-state index in [4.69, 9.17) is 10.9 Å². The number of aliphatic hydroxyl groups is 1. The minimum Gasteiger partial charge on any atom is -0.392 e. The monoisotopic (exact) mass is 118 g/mol. The number of rotatable bonds is 4. The Bertz CT molecular complexity index is 43.7. The lowest BCUT2D eigenvalue weighted by Crippen LogP contribution is -2.31. The van der Waals surface area contributed by atoms with E-state index in [0.717, 1.165) is 12.8 Å². The molecule has 8 heavy (non-hydrogen) atoms. The summed E-state index contributed by atoms with van der Waals surface area (Å²) < 4.78 is 0. The van der Waals surface area contributed by atoms with Crippen molar-refractivity contribution in [3.63, 3.8) is 0 Å². The van der Waals surface area contributed by atoms with Crippen molar-refractivity contribution >= 4 is 0 Å². The third kappa shape index (κ3) is 4.05. The van der Waals surface area contributed by atoms with Gasteiger partial charge in [-0.05, 0) is 6.42 Å². The van der Waals surface area contributed by atoms with Gasteiger partial charge >= 0.3 is 0 Å². The molecule has 0 bridgehead atoms. The van der Waals surface area contributed by atoms with Gasteiger partial charge in [-0.3, -0.25) is 11.3 Å². The van der Waals surface area contributed by atoms with Crippen molar-refractivity contribution in [1.29, 1.82) is 0 Å². The molecule has 1 atom stereocenters. The van der Waals surface area contributed by atoms with Crippen molar-refractivity contribution in [2.24, 2.45) is 5.84 Å². The highest BCUT2D eigenvalue weighted by molar-refractivity contribution is 4.53. The van der Waals surface area contributed by atoms with Gasteiger partial charge in [0, 0.05) is 6.54 Å². The van der Waals surface area contributed by atoms with E-state index >= 15 is 0 Å². The van der Waals surface area contributed by atoms with Crippen LogP contribution in [-0.4, -0.2) is 17.8 Å². The Morgan fingerprint density at radius 1 is 1.75 bits per heavy atom. The predicted molar refractivity (Wildman–Crippen MR) is 33.1 cm³/mol. The number of hydrazine groups is 1. The smallest absolute Gasteiger partial charge is 0.0678 e. The largest absolute Gasteiger partial charge is 0.392 e. The van der Waals surface area contributed by atoms with Crippen LogP contribution in [0.3, 0.4) is 0 Å². The maximum Gasteiger partial charge on any atom is 0.0678 e. The Morgan fingerprint density at radius 2 is 2.38 bits per heavy atom. The quantitative estimate of drug-likeness (QED) is 0.348. The molecule has 0 radical (unpaired) electrons. The fourth-order valence-corrected chi connectivity index (χ4v) is 0.571. The molecule has 3 nitrogen and oxygen atoms in total. The molecule has 0 heterocycles. The fourth-order valence-electron chi connectivity index (χ4n) is 0.571. The van der Waals surface area contributed by atoms with Crippen molar-refractivity contribution in [2.45, 2.75) is 25.9 Å². The van der Waals surface area contributed by atoms with Crippen LogP contribution in [0.5, 0.6) is 0 Å². The second-order valence-electron chi connectivity index (χ2n) is 1.85. The highest BCUT2D eigenvalue weighted by Crippen LogP contribution is 1.92. The second kappa shape index (κ2) is 5.03. The molecule has 1 unspecified atom stereocenters. The Hall–Kier alpha value is -0.120. The third-order valence-corrected chi connectivity index (χ3v) is 0.975. The minimum atomic E-state index is -0.273. The molecule has 0 rings (SSSR count). The molecular weight excluding hydrogens is 104 g/mol. The lowest BCUT2D eigenvalue weighted by Gasteiger charge is -2.05. The van der Waals surface area contributed by atoms with Crippen molar-refractivity contribution < 1.29 is 5.11 Å². The first-order valence-corrected chi connectivity index (χ1v) is 2.92. The minimum absolute atomic E-state index is 0.273. The van der Waals surface area contributed by atoms with Gasteiger partial charge in [-0.15, -0.1) is 0 Å². The van der Waals surface area contributed by atoms with E-state index in [1.54, 1.807) is 0 Å². The van der Waals surface area contributed by atoms with E-state index in [1.807, 2.05) is 6.92 Å². The predicted octanol–water partition coefficient (Wildman–Crippen LogP) is -0.389. The third-order valence-electron chi connectivity index (χ3n) is 0.975. The van der Waals surface area contributed by atoms with Crippen LogP contribution < -0.4 is 11.3 Å². The zero-order valence-corrected chi connectivity index (χ0v) is 5.22. The molecule has 0 aromatic carbocycles. The van der Waals surface area contributed by atoms with Crippen molar-refractivity contribution in [1.82, 2.24) is 5.43 Å².